The molecule has 1 aliphatic heterocycles. The Morgan fingerprint density at radius 2 is 1.92 bits per heavy atom. The Bertz CT molecular complexity index is 141. The summed E-state index contributed by atoms with van der Waals surface area (Å²) in [6, 6.07) is 0.666. The molecule has 1 unspecified atom stereocenters. The first kappa shape index (κ1) is 9.52. The number of hydrogen-bond acceptors (Lipinski definition) is 2. The average Bonchev–Trinajstić information content (AvgIpc) is 2.17. The van der Waals surface area contributed by atoms with Gasteiger partial charge < -0.3 is 4.90 Å². The van der Waals surface area contributed by atoms with Gasteiger partial charge in [-0.2, -0.15) is 0 Å². The molecule has 0 aromatic rings. The Morgan fingerprint density at radius 3 is 2.33 bits per heavy atom. The van der Waals surface area contributed by atoms with Gasteiger partial charge in [-0.3, -0.25) is 9.69 Å². The third kappa shape index (κ3) is 2.21. The van der Waals surface area contributed by atoms with Crippen LogP contribution < -0.4 is 0 Å². The maximum Gasteiger partial charge on any atom is 0.209 e. The van der Waals surface area contributed by atoms with Crippen LogP contribution in [0, 0.1) is 0 Å². The van der Waals surface area contributed by atoms with E-state index in [1.54, 1.807) is 0 Å². The lowest BCUT2D eigenvalue weighted by atomic mass is 10.2. The van der Waals surface area contributed by atoms with Crippen molar-refractivity contribution in [1.29, 1.82) is 0 Å². The Hall–Kier alpha value is -0.570. The SMILES string of the molecule is CCC(C)N1CCN(C=O)CC1. The van der Waals surface area contributed by atoms with E-state index in [9.17, 15) is 4.79 Å². The van der Waals surface area contributed by atoms with E-state index in [0.717, 1.165) is 32.6 Å². The monoisotopic (exact) mass is 170 g/mol. The van der Waals surface area contributed by atoms with Gasteiger partial charge in [0.1, 0.15) is 0 Å². The lowest BCUT2D eigenvalue weighted by Crippen LogP contribution is -2.48. The topological polar surface area (TPSA) is 23.6 Å². The zero-order valence-corrected chi connectivity index (χ0v) is 7.99. The van der Waals surface area contributed by atoms with Gasteiger partial charge in [-0.1, -0.05) is 6.92 Å². The fraction of sp³-hybridized carbons (Fsp3) is 0.889. The summed E-state index contributed by atoms with van der Waals surface area (Å²) in [5, 5.41) is 0. The van der Waals surface area contributed by atoms with Gasteiger partial charge in [0.05, 0.1) is 0 Å². The zero-order chi connectivity index (χ0) is 8.97. The molecule has 1 fully saturated rings. The molecule has 0 spiro atoms. The summed E-state index contributed by atoms with van der Waals surface area (Å²) >= 11 is 0. The van der Waals surface area contributed by atoms with Crippen molar-refractivity contribution in [3.63, 3.8) is 0 Å². The molecule has 0 radical (unpaired) electrons. The largest absolute Gasteiger partial charge is 0.343 e. The van der Waals surface area contributed by atoms with Gasteiger partial charge in [-0.25, -0.2) is 0 Å². The quantitative estimate of drug-likeness (QED) is 0.578. The standard InChI is InChI=1S/C9H18N2O/c1-3-9(2)11-6-4-10(8-12)5-7-11/h8-9H,3-7H2,1-2H3. The molecular weight excluding hydrogens is 152 g/mol. The smallest absolute Gasteiger partial charge is 0.209 e. The van der Waals surface area contributed by atoms with Crippen LogP contribution in [0.25, 0.3) is 0 Å². The second-order valence-corrected chi connectivity index (χ2v) is 3.43. The van der Waals surface area contributed by atoms with Crippen molar-refractivity contribution in [2.75, 3.05) is 26.2 Å². The molecule has 0 saturated carbocycles. The molecule has 0 bridgehead atoms. The molecule has 1 aliphatic rings. The van der Waals surface area contributed by atoms with Crippen molar-refractivity contribution in [3.05, 3.63) is 0 Å². The Morgan fingerprint density at radius 1 is 1.33 bits per heavy atom. The summed E-state index contributed by atoms with van der Waals surface area (Å²) in [5.74, 6) is 0. The molecular formula is C9H18N2O. The van der Waals surface area contributed by atoms with E-state index < -0.39 is 0 Å². The summed E-state index contributed by atoms with van der Waals surface area (Å²) in [6.45, 7) is 8.32. The van der Waals surface area contributed by atoms with Crippen LogP contribution in [-0.4, -0.2) is 48.4 Å². The maximum atomic E-state index is 10.4. The van der Waals surface area contributed by atoms with Crippen molar-refractivity contribution >= 4 is 6.41 Å². The van der Waals surface area contributed by atoms with Crippen molar-refractivity contribution in [1.82, 2.24) is 9.80 Å². The van der Waals surface area contributed by atoms with Gasteiger partial charge in [0.2, 0.25) is 6.41 Å². The summed E-state index contributed by atoms with van der Waals surface area (Å²) in [4.78, 5) is 14.7. The van der Waals surface area contributed by atoms with Gasteiger partial charge >= 0.3 is 0 Å². The number of nitrogens with zero attached hydrogens (tertiary/aromatic N) is 2. The molecule has 12 heavy (non-hydrogen) atoms. The second kappa shape index (κ2) is 4.45. The normalized spacial score (nSPS) is 22.3. The van der Waals surface area contributed by atoms with E-state index in [1.165, 1.54) is 6.42 Å². The Balaban J connectivity index is 2.30. The molecule has 0 N–H and O–H groups in total. The molecule has 1 saturated heterocycles. The molecule has 3 heteroatoms. The fourth-order valence-corrected chi connectivity index (χ4v) is 1.54. The number of rotatable bonds is 3. The predicted octanol–water partition coefficient (Wildman–Crippen LogP) is 0.559. The lowest BCUT2D eigenvalue weighted by Gasteiger charge is -2.36. The number of hydrogen-bond donors (Lipinski definition) is 0. The van der Waals surface area contributed by atoms with Crippen molar-refractivity contribution < 1.29 is 4.79 Å². The van der Waals surface area contributed by atoms with Crippen LogP contribution in [0.15, 0.2) is 0 Å². The Kier molecular flexibility index (Phi) is 3.53. The molecule has 70 valence electrons. The highest BCUT2D eigenvalue weighted by Gasteiger charge is 2.18. The first-order valence-electron chi connectivity index (χ1n) is 4.71. The molecule has 1 amide bonds. The van der Waals surface area contributed by atoms with Crippen LogP contribution >= 0.6 is 0 Å². The van der Waals surface area contributed by atoms with Crippen LogP contribution in [0.5, 0.6) is 0 Å². The van der Waals surface area contributed by atoms with Gasteiger partial charge in [-0.15, -0.1) is 0 Å². The number of carbonyl (C=O) groups excluding carboxylic acids is 1. The zero-order valence-electron chi connectivity index (χ0n) is 7.99. The summed E-state index contributed by atoms with van der Waals surface area (Å²) in [7, 11) is 0. The fourth-order valence-electron chi connectivity index (χ4n) is 1.54. The molecule has 0 aliphatic carbocycles. The molecule has 0 aromatic carbocycles. The minimum Gasteiger partial charge on any atom is -0.343 e. The summed E-state index contributed by atoms with van der Waals surface area (Å²) < 4.78 is 0. The Labute approximate surface area is 74.3 Å². The lowest BCUT2D eigenvalue weighted by molar-refractivity contribution is -0.120. The van der Waals surface area contributed by atoms with E-state index >= 15 is 0 Å². The molecule has 1 atom stereocenters. The van der Waals surface area contributed by atoms with Crippen LogP contribution in [0.3, 0.4) is 0 Å². The van der Waals surface area contributed by atoms with Crippen molar-refractivity contribution in [3.8, 4) is 0 Å². The van der Waals surface area contributed by atoms with Crippen LogP contribution in [0.4, 0.5) is 0 Å². The number of carbonyl (C=O) groups is 1. The van der Waals surface area contributed by atoms with Crippen molar-refractivity contribution in [2.24, 2.45) is 0 Å². The van der Waals surface area contributed by atoms with E-state index in [4.69, 9.17) is 0 Å². The summed E-state index contributed by atoms with van der Waals surface area (Å²) in [6.07, 6.45) is 2.15. The minimum atomic E-state index is 0.666. The van der Waals surface area contributed by atoms with Crippen LogP contribution in [0.2, 0.25) is 0 Å². The summed E-state index contributed by atoms with van der Waals surface area (Å²) in [5.41, 5.74) is 0. The van der Waals surface area contributed by atoms with E-state index in [0.29, 0.717) is 6.04 Å². The van der Waals surface area contributed by atoms with Gasteiger partial charge in [0.25, 0.3) is 0 Å². The van der Waals surface area contributed by atoms with Gasteiger partial charge in [0.15, 0.2) is 0 Å². The minimum absolute atomic E-state index is 0.666. The van der Waals surface area contributed by atoms with E-state index in [1.807, 2.05) is 4.90 Å². The van der Waals surface area contributed by atoms with Gasteiger partial charge in [0, 0.05) is 32.2 Å². The van der Waals surface area contributed by atoms with E-state index in [-0.39, 0.29) is 0 Å². The van der Waals surface area contributed by atoms with E-state index in [2.05, 4.69) is 18.7 Å². The highest BCUT2D eigenvalue weighted by Crippen LogP contribution is 2.06. The van der Waals surface area contributed by atoms with Crippen LogP contribution in [0.1, 0.15) is 20.3 Å². The highest BCUT2D eigenvalue weighted by molar-refractivity contribution is 5.47. The maximum absolute atomic E-state index is 10.4. The first-order chi connectivity index (χ1) is 5.77. The molecule has 1 rings (SSSR count). The third-order valence-corrected chi connectivity index (χ3v) is 2.71. The highest BCUT2D eigenvalue weighted by atomic mass is 16.1. The van der Waals surface area contributed by atoms with Crippen molar-refractivity contribution in [2.45, 2.75) is 26.3 Å². The average molecular weight is 170 g/mol. The molecule has 1 heterocycles. The van der Waals surface area contributed by atoms with Gasteiger partial charge in [-0.05, 0) is 13.3 Å². The predicted molar refractivity (Wildman–Crippen MR) is 49.0 cm³/mol. The first-order valence-corrected chi connectivity index (χ1v) is 4.71. The number of piperazine rings is 1. The van der Waals surface area contributed by atoms with Crippen LogP contribution in [-0.2, 0) is 4.79 Å². The number of amides is 1. The third-order valence-electron chi connectivity index (χ3n) is 2.71. The second-order valence-electron chi connectivity index (χ2n) is 3.43. The molecule has 0 aromatic heterocycles. The molecule has 3 nitrogen and oxygen atoms in total.